The first kappa shape index (κ1) is 13.4. The fourth-order valence-electron chi connectivity index (χ4n) is 3.75. The number of hydrogen-bond donors (Lipinski definition) is 1. The van der Waals surface area contributed by atoms with Gasteiger partial charge in [0.25, 0.3) is 0 Å². The van der Waals surface area contributed by atoms with E-state index in [4.69, 9.17) is 5.73 Å². The van der Waals surface area contributed by atoms with Gasteiger partial charge in [0.1, 0.15) is 0 Å². The molecule has 0 heterocycles. The zero-order valence-electron chi connectivity index (χ0n) is 11.5. The van der Waals surface area contributed by atoms with E-state index in [1.807, 2.05) is 0 Å². The molecule has 2 N–H and O–H groups in total. The summed E-state index contributed by atoms with van der Waals surface area (Å²) >= 11 is 0. The molecule has 2 aliphatic rings. The monoisotopic (exact) mass is 238 g/mol. The van der Waals surface area contributed by atoms with Gasteiger partial charge in [0.15, 0.2) is 0 Å². The molecule has 0 aromatic carbocycles. The minimum absolute atomic E-state index is 0.332. The van der Waals surface area contributed by atoms with Crippen LogP contribution in [0.1, 0.15) is 71.1 Å². The lowest BCUT2D eigenvalue weighted by atomic mass is 9.88. The van der Waals surface area contributed by atoms with Crippen LogP contribution >= 0.6 is 0 Å². The molecule has 0 aliphatic heterocycles. The van der Waals surface area contributed by atoms with Crippen molar-refractivity contribution in [2.75, 3.05) is 6.54 Å². The zero-order valence-corrected chi connectivity index (χ0v) is 11.5. The topological polar surface area (TPSA) is 29.3 Å². The molecule has 17 heavy (non-hydrogen) atoms. The van der Waals surface area contributed by atoms with Crippen molar-refractivity contribution in [3.63, 3.8) is 0 Å². The maximum Gasteiger partial charge on any atom is 0.0139 e. The van der Waals surface area contributed by atoms with Crippen molar-refractivity contribution >= 4 is 0 Å². The van der Waals surface area contributed by atoms with E-state index < -0.39 is 0 Å². The Morgan fingerprint density at radius 1 is 0.882 bits per heavy atom. The summed E-state index contributed by atoms with van der Waals surface area (Å²) in [6.45, 7) is 3.29. The highest BCUT2D eigenvalue weighted by atomic mass is 15.2. The van der Waals surface area contributed by atoms with E-state index in [-0.39, 0.29) is 0 Å². The van der Waals surface area contributed by atoms with E-state index in [1.54, 1.807) is 0 Å². The van der Waals surface area contributed by atoms with Crippen molar-refractivity contribution < 1.29 is 0 Å². The highest BCUT2D eigenvalue weighted by molar-refractivity contribution is 4.85. The fraction of sp³-hybridized carbons (Fsp3) is 1.00. The average Bonchev–Trinajstić information content (AvgIpc) is 2.38. The van der Waals surface area contributed by atoms with Crippen molar-refractivity contribution in [1.82, 2.24) is 4.90 Å². The largest absolute Gasteiger partial charge is 0.327 e. The molecule has 0 aromatic rings. The second kappa shape index (κ2) is 6.75. The van der Waals surface area contributed by atoms with Crippen LogP contribution < -0.4 is 5.73 Å². The van der Waals surface area contributed by atoms with Gasteiger partial charge in [0, 0.05) is 24.7 Å². The van der Waals surface area contributed by atoms with Gasteiger partial charge < -0.3 is 5.73 Å². The minimum atomic E-state index is 0.332. The Balaban J connectivity index is 1.95. The molecule has 0 aromatic heterocycles. The fourth-order valence-corrected chi connectivity index (χ4v) is 3.75. The van der Waals surface area contributed by atoms with Crippen molar-refractivity contribution in [2.45, 2.75) is 89.3 Å². The molecule has 2 rings (SSSR count). The van der Waals surface area contributed by atoms with E-state index in [0.29, 0.717) is 6.04 Å². The van der Waals surface area contributed by atoms with Crippen molar-refractivity contribution in [3.05, 3.63) is 0 Å². The van der Waals surface area contributed by atoms with Crippen molar-refractivity contribution in [1.29, 1.82) is 0 Å². The number of nitrogens with two attached hydrogens (primary N) is 1. The highest BCUT2D eigenvalue weighted by Crippen LogP contribution is 2.30. The van der Waals surface area contributed by atoms with Gasteiger partial charge in [-0.15, -0.1) is 0 Å². The minimum Gasteiger partial charge on any atom is -0.327 e. The first-order chi connectivity index (χ1) is 8.27. The second-order valence-electron chi connectivity index (χ2n) is 6.26. The Labute approximate surface area is 107 Å². The molecule has 100 valence electrons. The standard InChI is InChI=1S/C15H30N2/c1-13(16)12-17(14-8-4-2-5-9-14)15-10-6-3-7-11-15/h13-15H,2-12,16H2,1H3/t13-/m1/s1. The van der Waals surface area contributed by atoms with E-state index >= 15 is 0 Å². The lowest BCUT2D eigenvalue weighted by Gasteiger charge is -2.42. The summed E-state index contributed by atoms with van der Waals surface area (Å²) in [5.41, 5.74) is 6.06. The Hall–Kier alpha value is -0.0800. The van der Waals surface area contributed by atoms with Crippen LogP contribution in [0.2, 0.25) is 0 Å². The summed E-state index contributed by atoms with van der Waals surface area (Å²) in [4.78, 5) is 2.79. The number of hydrogen-bond acceptors (Lipinski definition) is 2. The van der Waals surface area contributed by atoms with Crippen LogP contribution in [-0.2, 0) is 0 Å². The summed E-state index contributed by atoms with van der Waals surface area (Å²) in [5, 5.41) is 0. The van der Waals surface area contributed by atoms with Gasteiger partial charge in [-0.05, 0) is 32.6 Å². The van der Waals surface area contributed by atoms with Gasteiger partial charge in [-0.25, -0.2) is 0 Å². The van der Waals surface area contributed by atoms with Crippen molar-refractivity contribution in [3.8, 4) is 0 Å². The lowest BCUT2D eigenvalue weighted by molar-refractivity contribution is 0.0762. The molecular formula is C15H30N2. The summed E-state index contributed by atoms with van der Waals surface area (Å²) in [7, 11) is 0. The van der Waals surface area contributed by atoms with Crippen LogP contribution in [0.5, 0.6) is 0 Å². The summed E-state index contributed by atoms with van der Waals surface area (Å²) < 4.78 is 0. The predicted octanol–water partition coefficient (Wildman–Crippen LogP) is 3.30. The van der Waals surface area contributed by atoms with Crippen LogP contribution in [0.3, 0.4) is 0 Å². The maximum absolute atomic E-state index is 6.06. The third kappa shape index (κ3) is 3.96. The lowest BCUT2D eigenvalue weighted by Crippen LogP contribution is -2.49. The van der Waals surface area contributed by atoms with Crippen LogP contribution in [-0.4, -0.2) is 29.6 Å². The van der Waals surface area contributed by atoms with Gasteiger partial charge in [-0.1, -0.05) is 38.5 Å². The van der Waals surface area contributed by atoms with Gasteiger partial charge in [0.05, 0.1) is 0 Å². The van der Waals surface area contributed by atoms with Gasteiger partial charge in [-0.3, -0.25) is 4.90 Å². The molecule has 0 amide bonds. The van der Waals surface area contributed by atoms with Gasteiger partial charge in [0.2, 0.25) is 0 Å². The average molecular weight is 238 g/mol. The van der Waals surface area contributed by atoms with E-state index in [1.165, 1.54) is 64.2 Å². The Morgan fingerprint density at radius 2 is 1.29 bits per heavy atom. The molecule has 0 radical (unpaired) electrons. The van der Waals surface area contributed by atoms with Crippen LogP contribution in [0.15, 0.2) is 0 Å². The molecule has 2 nitrogen and oxygen atoms in total. The zero-order chi connectivity index (χ0) is 12.1. The molecule has 2 saturated carbocycles. The van der Waals surface area contributed by atoms with E-state index in [9.17, 15) is 0 Å². The Bertz CT molecular complexity index is 185. The number of nitrogens with zero attached hydrogens (tertiary/aromatic N) is 1. The molecular weight excluding hydrogens is 208 g/mol. The predicted molar refractivity (Wildman–Crippen MR) is 74.1 cm³/mol. The van der Waals surface area contributed by atoms with Crippen LogP contribution in [0.4, 0.5) is 0 Å². The summed E-state index contributed by atoms with van der Waals surface area (Å²) in [5.74, 6) is 0. The Morgan fingerprint density at radius 3 is 1.65 bits per heavy atom. The third-order valence-electron chi connectivity index (χ3n) is 4.59. The first-order valence-electron chi connectivity index (χ1n) is 7.78. The molecule has 2 aliphatic carbocycles. The molecule has 0 bridgehead atoms. The van der Waals surface area contributed by atoms with E-state index in [0.717, 1.165) is 18.6 Å². The molecule has 2 fully saturated rings. The third-order valence-corrected chi connectivity index (χ3v) is 4.59. The molecule has 1 atom stereocenters. The normalized spacial score (nSPS) is 26.3. The second-order valence-corrected chi connectivity index (χ2v) is 6.26. The van der Waals surface area contributed by atoms with Gasteiger partial charge in [-0.2, -0.15) is 0 Å². The van der Waals surface area contributed by atoms with Gasteiger partial charge >= 0.3 is 0 Å². The summed E-state index contributed by atoms with van der Waals surface area (Å²) in [6.07, 6.45) is 14.3. The summed E-state index contributed by atoms with van der Waals surface area (Å²) in [6, 6.07) is 2.02. The molecule has 0 unspecified atom stereocenters. The molecule has 0 saturated heterocycles. The van der Waals surface area contributed by atoms with E-state index in [2.05, 4.69) is 11.8 Å². The maximum atomic E-state index is 6.06. The quantitative estimate of drug-likeness (QED) is 0.814. The van der Waals surface area contributed by atoms with Crippen LogP contribution in [0.25, 0.3) is 0 Å². The number of rotatable bonds is 4. The Kier molecular flexibility index (Phi) is 5.30. The molecule has 2 heteroatoms. The SMILES string of the molecule is C[C@@H](N)CN(C1CCCCC1)C1CCCCC1. The van der Waals surface area contributed by atoms with Crippen LogP contribution in [0, 0.1) is 0 Å². The highest BCUT2D eigenvalue weighted by Gasteiger charge is 2.28. The molecule has 0 spiro atoms. The van der Waals surface area contributed by atoms with Crippen molar-refractivity contribution in [2.24, 2.45) is 5.73 Å². The smallest absolute Gasteiger partial charge is 0.0139 e. The first-order valence-corrected chi connectivity index (χ1v) is 7.78.